The van der Waals surface area contributed by atoms with Crippen molar-refractivity contribution < 1.29 is 37.0 Å². The topological polar surface area (TPSA) is 93.7 Å². The maximum atomic E-state index is 13.2. The minimum atomic E-state index is -4.54. The number of benzene rings is 2. The molecule has 0 bridgehead atoms. The Balaban J connectivity index is 2.30. The van der Waals surface area contributed by atoms with Crippen LogP contribution in [0.2, 0.25) is 0 Å². The van der Waals surface area contributed by atoms with Crippen molar-refractivity contribution in [1.82, 2.24) is 10.6 Å². The maximum Gasteiger partial charge on any atom is 0.416 e. The van der Waals surface area contributed by atoms with E-state index in [1.165, 1.54) is 7.11 Å². The van der Waals surface area contributed by atoms with Crippen molar-refractivity contribution in [3.63, 3.8) is 0 Å². The molecule has 0 aliphatic heterocycles. The predicted octanol–water partition coefficient (Wildman–Crippen LogP) is 5.33. The zero-order valence-corrected chi connectivity index (χ0v) is 20.2. The minimum absolute atomic E-state index is 0.150. The maximum absolute atomic E-state index is 13.2. The number of nitrogens with one attached hydrogen (secondary N) is 2. The van der Waals surface area contributed by atoms with Crippen LogP contribution in [0.5, 0.6) is 0 Å². The van der Waals surface area contributed by atoms with Crippen molar-refractivity contribution in [2.24, 2.45) is 0 Å². The predicted molar refractivity (Wildman–Crippen MR) is 123 cm³/mol. The number of halogens is 3. The van der Waals surface area contributed by atoms with Gasteiger partial charge in [-0.15, -0.1) is 0 Å². The summed E-state index contributed by atoms with van der Waals surface area (Å²) in [6, 6.07) is 8.59. The minimum Gasteiger partial charge on any atom is -0.465 e. The summed E-state index contributed by atoms with van der Waals surface area (Å²) in [4.78, 5) is 37.3. The van der Waals surface area contributed by atoms with Crippen molar-refractivity contribution in [3.05, 3.63) is 70.8 Å². The number of esters is 1. The Bertz CT molecular complexity index is 1030. The Hall–Kier alpha value is -3.56. The van der Waals surface area contributed by atoms with Crippen LogP contribution < -0.4 is 10.6 Å². The number of amides is 2. The summed E-state index contributed by atoms with van der Waals surface area (Å²) < 4.78 is 48.9. The SMILES string of the molecule is CCC(NC(=O)C(NC(=O)OC(C)(C)C)c1ccc(C(F)(F)F)cc1)c1ccc(C(=O)OC)cc1. The fourth-order valence-corrected chi connectivity index (χ4v) is 3.24. The fourth-order valence-electron chi connectivity index (χ4n) is 3.24. The molecule has 2 unspecified atom stereocenters. The number of ether oxygens (including phenoxy) is 2. The van der Waals surface area contributed by atoms with Gasteiger partial charge in [0.2, 0.25) is 5.91 Å². The molecule has 0 aliphatic rings. The van der Waals surface area contributed by atoms with Gasteiger partial charge in [-0.25, -0.2) is 9.59 Å². The molecule has 7 nitrogen and oxygen atoms in total. The zero-order valence-electron chi connectivity index (χ0n) is 20.2. The Labute approximate surface area is 202 Å². The number of carbonyl (C=O) groups is 3. The Morgan fingerprint density at radius 1 is 0.886 bits per heavy atom. The molecule has 2 aromatic rings. The third-order valence-corrected chi connectivity index (χ3v) is 4.95. The number of alkyl halides is 3. The van der Waals surface area contributed by atoms with E-state index in [4.69, 9.17) is 4.74 Å². The highest BCUT2D eigenvalue weighted by Gasteiger charge is 2.32. The average Bonchev–Trinajstić information content (AvgIpc) is 2.79. The first-order chi connectivity index (χ1) is 16.2. The number of hydrogen-bond donors (Lipinski definition) is 2. The molecule has 10 heteroatoms. The lowest BCUT2D eigenvalue weighted by molar-refractivity contribution is -0.137. The second-order valence-electron chi connectivity index (χ2n) is 8.78. The van der Waals surface area contributed by atoms with Crippen LogP contribution in [0.1, 0.15) is 73.2 Å². The molecule has 35 heavy (non-hydrogen) atoms. The highest BCUT2D eigenvalue weighted by Crippen LogP contribution is 2.30. The summed E-state index contributed by atoms with van der Waals surface area (Å²) in [5, 5.41) is 5.25. The number of rotatable bonds is 7. The van der Waals surface area contributed by atoms with Gasteiger partial charge in [0.15, 0.2) is 0 Å². The van der Waals surface area contributed by atoms with Gasteiger partial charge >= 0.3 is 18.2 Å². The first kappa shape index (κ1) is 27.7. The van der Waals surface area contributed by atoms with Crippen LogP contribution in [0.15, 0.2) is 48.5 Å². The summed E-state index contributed by atoms with van der Waals surface area (Å²) in [5.74, 6) is -1.14. The van der Waals surface area contributed by atoms with Crippen LogP contribution in [0.4, 0.5) is 18.0 Å². The smallest absolute Gasteiger partial charge is 0.416 e. The van der Waals surface area contributed by atoms with E-state index in [1.54, 1.807) is 45.0 Å². The second kappa shape index (κ2) is 11.2. The van der Waals surface area contributed by atoms with E-state index in [9.17, 15) is 27.6 Å². The molecule has 0 aromatic heterocycles. The summed E-state index contributed by atoms with van der Waals surface area (Å²) in [7, 11) is 1.27. The Kier molecular flexibility index (Phi) is 8.89. The molecule has 0 saturated heterocycles. The normalized spacial score (nSPS) is 13.4. The lowest BCUT2D eigenvalue weighted by Crippen LogP contribution is -2.43. The van der Waals surface area contributed by atoms with Crippen molar-refractivity contribution in [2.75, 3.05) is 7.11 Å². The van der Waals surface area contributed by atoms with Crippen LogP contribution in [-0.2, 0) is 20.4 Å². The van der Waals surface area contributed by atoms with Gasteiger partial charge in [0.1, 0.15) is 11.6 Å². The molecule has 0 spiro atoms. The molecular formula is C25H29F3N2O5. The first-order valence-electron chi connectivity index (χ1n) is 10.9. The number of carbonyl (C=O) groups excluding carboxylic acids is 3. The van der Waals surface area contributed by atoms with E-state index in [0.717, 1.165) is 24.3 Å². The largest absolute Gasteiger partial charge is 0.465 e. The molecule has 2 amide bonds. The molecule has 2 aromatic carbocycles. The molecule has 0 fully saturated rings. The van der Waals surface area contributed by atoms with Gasteiger partial charge < -0.3 is 20.1 Å². The van der Waals surface area contributed by atoms with Crippen LogP contribution in [0.3, 0.4) is 0 Å². The molecule has 2 N–H and O–H groups in total. The molecule has 0 saturated carbocycles. The quantitative estimate of drug-likeness (QED) is 0.508. The number of methoxy groups -OCH3 is 1. The van der Waals surface area contributed by atoms with E-state index in [-0.39, 0.29) is 5.56 Å². The summed E-state index contributed by atoms with van der Waals surface area (Å²) in [6.45, 7) is 6.76. The van der Waals surface area contributed by atoms with Crippen molar-refractivity contribution >= 4 is 18.0 Å². The monoisotopic (exact) mass is 494 g/mol. The van der Waals surface area contributed by atoms with Crippen molar-refractivity contribution in [2.45, 2.75) is 58.0 Å². The highest BCUT2D eigenvalue weighted by molar-refractivity contribution is 5.89. The molecule has 2 rings (SSSR count). The van der Waals surface area contributed by atoms with E-state index in [0.29, 0.717) is 17.5 Å². The van der Waals surface area contributed by atoms with Crippen LogP contribution >= 0.6 is 0 Å². The van der Waals surface area contributed by atoms with Gasteiger partial charge in [0.05, 0.1) is 24.3 Å². The third-order valence-electron chi connectivity index (χ3n) is 4.95. The lowest BCUT2D eigenvalue weighted by atomic mass is 10.00. The fraction of sp³-hybridized carbons (Fsp3) is 0.400. The van der Waals surface area contributed by atoms with Gasteiger partial charge in [-0.1, -0.05) is 31.2 Å². The molecule has 2 atom stereocenters. The van der Waals surface area contributed by atoms with Crippen molar-refractivity contribution in [1.29, 1.82) is 0 Å². The zero-order chi connectivity index (χ0) is 26.4. The van der Waals surface area contributed by atoms with Crippen LogP contribution in [0.25, 0.3) is 0 Å². The second-order valence-corrected chi connectivity index (χ2v) is 8.78. The molecule has 190 valence electrons. The number of hydrogen-bond acceptors (Lipinski definition) is 5. The Morgan fingerprint density at radius 2 is 1.43 bits per heavy atom. The Morgan fingerprint density at radius 3 is 1.89 bits per heavy atom. The lowest BCUT2D eigenvalue weighted by Gasteiger charge is -2.26. The van der Waals surface area contributed by atoms with E-state index < -0.39 is 47.4 Å². The van der Waals surface area contributed by atoms with Crippen LogP contribution in [0, 0.1) is 0 Å². The van der Waals surface area contributed by atoms with Gasteiger partial charge in [-0.3, -0.25) is 4.79 Å². The third kappa shape index (κ3) is 8.01. The van der Waals surface area contributed by atoms with Gasteiger partial charge in [-0.05, 0) is 62.6 Å². The molecular weight excluding hydrogens is 465 g/mol. The van der Waals surface area contributed by atoms with Gasteiger partial charge in [0.25, 0.3) is 0 Å². The summed E-state index contributed by atoms with van der Waals surface area (Å²) in [6.07, 6.45) is -4.97. The van der Waals surface area contributed by atoms with E-state index in [2.05, 4.69) is 15.4 Å². The van der Waals surface area contributed by atoms with E-state index in [1.807, 2.05) is 6.92 Å². The van der Waals surface area contributed by atoms with Crippen LogP contribution in [-0.4, -0.2) is 30.7 Å². The van der Waals surface area contributed by atoms with Gasteiger partial charge in [0, 0.05) is 0 Å². The highest BCUT2D eigenvalue weighted by atomic mass is 19.4. The summed E-state index contributed by atoms with van der Waals surface area (Å²) in [5.41, 5.74) is -0.547. The van der Waals surface area contributed by atoms with E-state index >= 15 is 0 Å². The standard InChI is InChI=1S/C25H29F3N2O5/c1-6-19(15-7-9-17(10-8-15)22(32)34-5)29-21(31)20(30-23(33)35-24(2,3)4)16-11-13-18(14-12-16)25(26,27)28/h7-14,19-20H,6H2,1-5H3,(H,29,31)(H,30,33). The molecule has 0 aliphatic carbocycles. The average molecular weight is 495 g/mol. The van der Waals surface area contributed by atoms with Crippen molar-refractivity contribution in [3.8, 4) is 0 Å². The number of alkyl carbamates (subject to hydrolysis) is 1. The first-order valence-corrected chi connectivity index (χ1v) is 10.9. The summed E-state index contributed by atoms with van der Waals surface area (Å²) >= 11 is 0. The molecule has 0 heterocycles. The van der Waals surface area contributed by atoms with Gasteiger partial charge in [-0.2, -0.15) is 13.2 Å². The molecule has 0 radical (unpaired) electrons.